The Morgan fingerprint density at radius 1 is 1.27 bits per heavy atom. The fraction of sp³-hybridized carbons (Fsp3) is 0.381. The van der Waals surface area contributed by atoms with Gasteiger partial charge in [0.25, 0.3) is 11.8 Å². The Hall–Kier alpha value is -3.20. The van der Waals surface area contributed by atoms with Crippen molar-refractivity contribution in [2.45, 2.75) is 24.7 Å². The van der Waals surface area contributed by atoms with Gasteiger partial charge in [0.15, 0.2) is 11.6 Å². The second-order valence-electron chi connectivity index (χ2n) is 7.37. The lowest BCUT2D eigenvalue weighted by molar-refractivity contribution is 0.0562. The largest absolute Gasteiger partial charge is 0.385 e. The Labute approximate surface area is 173 Å². The van der Waals surface area contributed by atoms with Gasteiger partial charge in [-0.25, -0.2) is 4.39 Å². The molecule has 1 amide bonds. The highest BCUT2D eigenvalue weighted by molar-refractivity contribution is 5.94. The maximum atomic E-state index is 14.1. The van der Waals surface area contributed by atoms with E-state index in [-0.39, 0.29) is 11.5 Å². The van der Waals surface area contributed by atoms with Crippen LogP contribution in [0.1, 0.15) is 35.4 Å². The van der Waals surface area contributed by atoms with Crippen LogP contribution in [0.2, 0.25) is 0 Å². The van der Waals surface area contributed by atoms with Gasteiger partial charge in [-0.15, -0.1) is 0 Å². The first-order valence-corrected chi connectivity index (χ1v) is 9.75. The van der Waals surface area contributed by atoms with Crippen molar-refractivity contribution in [1.29, 1.82) is 0 Å². The molecule has 1 unspecified atom stereocenters. The van der Waals surface area contributed by atoms with Crippen LogP contribution in [-0.2, 0) is 10.2 Å². The van der Waals surface area contributed by atoms with Gasteiger partial charge in [0, 0.05) is 51.0 Å². The van der Waals surface area contributed by atoms with Crippen molar-refractivity contribution in [3.8, 4) is 11.5 Å². The molecule has 1 fully saturated rings. The zero-order valence-corrected chi connectivity index (χ0v) is 16.6. The number of likely N-dealkylation sites (tertiary alicyclic amines) is 1. The van der Waals surface area contributed by atoms with Crippen LogP contribution in [0, 0.1) is 5.82 Å². The lowest BCUT2D eigenvalue weighted by atomic mass is 9.76. The summed E-state index contributed by atoms with van der Waals surface area (Å²) in [6, 6.07) is 4.99. The molecule has 1 aliphatic heterocycles. The summed E-state index contributed by atoms with van der Waals surface area (Å²) in [7, 11) is 1.63. The standard InChI is InChI=1S/C21H22FN5O3/c1-29-12-7-21(20-25-18(30-26-20)15-3-8-23-9-4-15)6-2-11-27(14-21)19(28)16-5-10-24-13-17(16)22/h3-5,8-10,13H,2,6-7,11-12,14H2,1H3. The molecule has 4 rings (SSSR count). The smallest absolute Gasteiger partial charge is 0.258 e. The Bertz CT molecular complexity index is 1010. The van der Waals surface area contributed by atoms with Gasteiger partial charge in [-0.1, -0.05) is 5.16 Å². The molecule has 0 saturated carbocycles. The van der Waals surface area contributed by atoms with Crippen LogP contribution >= 0.6 is 0 Å². The number of rotatable bonds is 6. The number of hydrogen-bond donors (Lipinski definition) is 0. The second-order valence-corrected chi connectivity index (χ2v) is 7.37. The van der Waals surface area contributed by atoms with Crippen LogP contribution in [-0.4, -0.2) is 57.7 Å². The predicted octanol–water partition coefficient (Wildman–Crippen LogP) is 2.88. The number of piperidine rings is 1. The highest BCUT2D eigenvalue weighted by atomic mass is 19.1. The van der Waals surface area contributed by atoms with E-state index in [0.717, 1.165) is 24.6 Å². The highest BCUT2D eigenvalue weighted by Gasteiger charge is 2.42. The Morgan fingerprint density at radius 2 is 2.07 bits per heavy atom. The molecular weight excluding hydrogens is 389 g/mol. The van der Waals surface area contributed by atoms with E-state index >= 15 is 0 Å². The highest BCUT2D eigenvalue weighted by Crippen LogP contribution is 2.37. The van der Waals surface area contributed by atoms with E-state index in [1.54, 1.807) is 36.5 Å². The number of carbonyl (C=O) groups is 1. The summed E-state index contributed by atoms with van der Waals surface area (Å²) >= 11 is 0. The van der Waals surface area contributed by atoms with Crippen molar-refractivity contribution in [2.24, 2.45) is 0 Å². The number of carbonyl (C=O) groups excluding carboxylic acids is 1. The Balaban J connectivity index is 1.64. The number of methoxy groups -OCH3 is 1. The SMILES string of the molecule is COCCC1(c2noc(-c3ccncc3)n2)CCCN(C(=O)c2ccncc2F)C1. The molecule has 0 spiro atoms. The summed E-state index contributed by atoms with van der Waals surface area (Å²) in [6.45, 7) is 1.36. The zero-order chi connectivity index (χ0) is 21.0. The first-order chi connectivity index (χ1) is 14.6. The van der Waals surface area contributed by atoms with Crippen LogP contribution in [0.4, 0.5) is 4.39 Å². The Morgan fingerprint density at radius 3 is 2.83 bits per heavy atom. The minimum absolute atomic E-state index is 0.0122. The molecule has 9 heteroatoms. The van der Waals surface area contributed by atoms with Gasteiger partial charge in [0.1, 0.15) is 0 Å². The van der Waals surface area contributed by atoms with Gasteiger partial charge in [-0.05, 0) is 37.5 Å². The maximum Gasteiger partial charge on any atom is 0.258 e. The fourth-order valence-electron chi connectivity index (χ4n) is 3.87. The fourth-order valence-corrected chi connectivity index (χ4v) is 3.87. The van der Waals surface area contributed by atoms with Crippen molar-refractivity contribution < 1.29 is 18.4 Å². The molecule has 0 aromatic carbocycles. The minimum atomic E-state index is -0.630. The number of halogens is 1. The van der Waals surface area contributed by atoms with Gasteiger partial charge in [-0.3, -0.25) is 14.8 Å². The van der Waals surface area contributed by atoms with Crippen molar-refractivity contribution in [2.75, 3.05) is 26.8 Å². The molecule has 0 aliphatic carbocycles. The van der Waals surface area contributed by atoms with Crippen molar-refractivity contribution >= 4 is 5.91 Å². The summed E-state index contributed by atoms with van der Waals surface area (Å²) in [5.41, 5.74) is 0.244. The van der Waals surface area contributed by atoms with E-state index in [2.05, 4.69) is 20.1 Å². The number of pyridine rings is 2. The first kappa shape index (κ1) is 20.1. The van der Waals surface area contributed by atoms with Gasteiger partial charge >= 0.3 is 0 Å². The zero-order valence-electron chi connectivity index (χ0n) is 16.6. The quantitative estimate of drug-likeness (QED) is 0.616. The molecule has 1 aliphatic rings. The average Bonchev–Trinajstić information content (AvgIpc) is 3.29. The lowest BCUT2D eigenvalue weighted by Gasteiger charge is -2.41. The van der Waals surface area contributed by atoms with E-state index in [9.17, 15) is 9.18 Å². The van der Waals surface area contributed by atoms with Gasteiger partial charge in [-0.2, -0.15) is 4.98 Å². The third kappa shape index (κ3) is 3.93. The van der Waals surface area contributed by atoms with Crippen molar-refractivity contribution in [3.05, 3.63) is 60.2 Å². The summed E-state index contributed by atoms with van der Waals surface area (Å²) in [6.07, 6.45) is 7.90. The van der Waals surface area contributed by atoms with Gasteiger partial charge in [0.05, 0.1) is 17.2 Å². The van der Waals surface area contributed by atoms with E-state index in [1.807, 2.05) is 0 Å². The number of ether oxygens (including phenoxy) is 1. The molecule has 8 nitrogen and oxygen atoms in total. The molecule has 0 N–H and O–H groups in total. The molecule has 3 aromatic heterocycles. The van der Waals surface area contributed by atoms with E-state index < -0.39 is 11.2 Å². The predicted molar refractivity (Wildman–Crippen MR) is 105 cm³/mol. The average molecular weight is 411 g/mol. The number of amides is 1. The summed E-state index contributed by atoms with van der Waals surface area (Å²) in [5.74, 6) is -0.0729. The molecule has 0 bridgehead atoms. The monoisotopic (exact) mass is 411 g/mol. The molecule has 4 heterocycles. The van der Waals surface area contributed by atoms with Crippen LogP contribution in [0.3, 0.4) is 0 Å². The minimum Gasteiger partial charge on any atom is -0.385 e. The Kier molecular flexibility index (Phi) is 5.80. The molecule has 3 aromatic rings. The van der Waals surface area contributed by atoms with E-state index in [4.69, 9.17) is 9.26 Å². The maximum absolute atomic E-state index is 14.1. The number of aromatic nitrogens is 4. The van der Waals surface area contributed by atoms with Crippen LogP contribution in [0.5, 0.6) is 0 Å². The first-order valence-electron chi connectivity index (χ1n) is 9.75. The third-order valence-corrected chi connectivity index (χ3v) is 5.48. The van der Waals surface area contributed by atoms with Crippen molar-refractivity contribution in [3.63, 3.8) is 0 Å². The summed E-state index contributed by atoms with van der Waals surface area (Å²) in [4.78, 5) is 27.0. The van der Waals surface area contributed by atoms with Gasteiger partial charge in [0.2, 0.25) is 0 Å². The van der Waals surface area contributed by atoms with E-state index in [1.165, 1.54) is 12.3 Å². The third-order valence-electron chi connectivity index (χ3n) is 5.48. The molecule has 30 heavy (non-hydrogen) atoms. The van der Waals surface area contributed by atoms with E-state index in [0.29, 0.717) is 37.8 Å². The molecule has 156 valence electrons. The number of hydrogen-bond acceptors (Lipinski definition) is 7. The topological polar surface area (TPSA) is 94.2 Å². The van der Waals surface area contributed by atoms with Crippen LogP contribution in [0.25, 0.3) is 11.5 Å². The molecular formula is C21H22FN5O3. The summed E-state index contributed by atoms with van der Waals surface area (Å²) in [5, 5.41) is 4.24. The molecule has 0 radical (unpaired) electrons. The van der Waals surface area contributed by atoms with Crippen LogP contribution in [0.15, 0.2) is 47.5 Å². The van der Waals surface area contributed by atoms with Crippen molar-refractivity contribution in [1.82, 2.24) is 25.0 Å². The second kappa shape index (κ2) is 8.66. The summed E-state index contributed by atoms with van der Waals surface area (Å²) < 4.78 is 25.0. The molecule has 1 saturated heterocycles. The number of nitrogens with zero attached hydrogens (tertiary/aromatic N) is 5. The normalized spacial score (nSPS) is 19.1. The van der Waals surface area contributed by atoms with Crippen LogP contribution < -0.4 is 0 Å². The van der Waals surface area contributed by atoms with Gasteiger partial charge < -0.3 is 14.2 Å². The molecule has 1 atom stereocenters. The lowest BCUT2D eigenvalue weighted by Crippen LogP contribution is -2.49.